The number of hydrogen-bond acceptors (Lipinski definition) is 7. The molecule has 136 valence electrons. The highest BCUT2D eigenvalue weighted by molar-refractivity contribution is 5.93. The first kappa shape index (κ1) is 18.7. The molecule has 1 aliphatic heterocycles. The number of likely N-dealkylation sites (N-methyl/N-ethyl adjacent to an activating group) is 1. The Hall–Kier alpha value is -2.68. The van der Waals surface area contributed by atoms with Crippen LogP contribution in [0.4, 0.5) is 11.4 Å². The molecule has 2 rings (SSSR count). The Labute approximate surface area is 145 Å². The number of benzene rings is 1. The van der Waals surface area contributed by atoms with Crippen molar-refractivity contribution in [3.8, 4) is 0 Å². The number of anilines is 1. The zero-order chi connectivity index (χ0) is 18.4. The van der Waals surface area contributed by atoms with Crippen molar-refractivity contribution in [2.45, 2.75) is 20.0 Å². The molecule has 0 unspecified atom stereocenters. The minimum atomic E-state index is -0.981. The van der Waals surface area contributed by atoms with Gasteiger partial charge in [-0.3, -0.25) is 14.9 Å². The summed E-state index contributed by atoms with van der Waals surface area (Å²) in [5, 5.41) is 13.9. The SMILES string of the molecule is CCNC(=O)[C@@H](C)OC(=O)c1ccc(N2CCOCC2)c([N+](=O)[O-])c1. The molecule has 9 nitrogen and oxygen atoms in total. The monoisotopic (exact) mass is 351 g/mol. The fourth-order valence-electron chi connectivity index (χ4n) is 2.47. The van der Waals surface area contributed by atoms with Crippen LogP contribution in [0.5, 0.6) is 0 Å². The van der Waals surface area contributed by atoms with E-state index >= 15 is 0 Å². The number of ether oxygens (including phenoxy) is 2. The number of rotatable bonds is 6. The Bertz CT molecular complexity index is 657. The minimum Gasteiger partial charge on any atom is -0.449 e. The summed E-state index contributed by atoms with van der Waals surface area (Å²) in [6.07, 6.45) is -0.981. The van der Waals surface area contributed by atoms with Gasteiger partial charge < -0.3 is 19.7 Å². The van der Waals surface area contributed by atoms with Crippen LogP contribution in [0.1, 0.15) is 24.2 Å². The standard InChI is InChI=1S/C16H21N3O6/c1-3-17-15(20)11(2)25-16(21)12-4-5-13(14(10-12)19(22)23)18-6-8-24-9-7-18/h4-5,10-11H,3,6-9H2,1-2H3,(H,17,20)/t11-/m1/s1. The topological polar surface area (TPSA) is 111 Å². The fourth-order valence-corrected chi connectivity index (χ4v) is 2.47. The van der Waals surface area contributed by atoms with Gasteiger partial charge in [-0.15, -0.1) is 0 Å². The van der Waals surface area contributed by atoms with Crippen LogP contribution in [-0.2, 0) is 14.3 Å². The van der Waals surface area contributed by atoms with Crippen molar-refractivity contribution in [3.05, 3.63) is 33.9 Å². The molecule has 9 heteroatoms. The Balaban J connectivity index is 2.18. The van der Waals surface area contributed by atoms with Gasteiger partial charge in [-0.05, 0) is 26.0 Å². The molecule has 0 radical (unpaired) electrons. The number of nitrogens with zero attached hydrogens (tertiary/aromatic N) is 2. The molecule has 0 aliphatic carbocycles. The van der Waals surface area contributed by atoms with E-state index in [2.05, 4.69) is 5.32 Å². The highest BCUT2D eigenvalue weighted by Gasteiger charge is 2.25. The highest BCUT2D eigenvalue weighted by Crippen LogP contribution is 2.30. The van der Waals surface area contributed by atoms with E-state index in [0.29, 0.717) is 38.5 Å². The van der Waals surface area contributed by atoms with Crippen LogP contribution in [0, 0.1) is 10.1 Å². The second kappa shape index (κ2) is 8.43. The number of nitrogens with one attached hydrogen (secondary N) is 1. The quantitative estimate of drug-likeness (QED) is 0.464. The lowest BCUT2D eigenvalue weighted by Gasteiger charge is -2.28. The first-order valence-corrected chi connectivity index (χ1v) is 8.03. The first-order chi connectivity index (χ1) is 11.9. The van der Waals surface area contributed by atoms with Crippen molar-refractivity contribution in [2.75, 3.05) is 37.7 Å². The molecule has 1 aromatic rings. The van der Waals surface area contributed by atoms with Gasteiger partial charge in [0.15, 0.2) is 6.10 Å². The Morgan fingerprint density at radius 3 is 2.68 bits per heavy atom. The van der Waals surface area contributed by atoms with Crippen LogP contribution in [-0.4, -0.2) is 55.8 Å². The van der Waals surface area contributed by atoms with Gasteiger partial charge >= 0.3 is 5.97 Å². The molecule has 0 saturated carbocycles. The number of hydrogen-bond donors (Lipinski definition) is 1. The van der Waals surface area contributed by atoms with Gasteiger partial charge in [0.05, 0.1) is 23.7 Å². The minimum absolute atomic E-state index is 0.0276. The molecule has 1 heterocycles. The third kappa shape index (κ3) is 4.66. The number of nitro groups is 1. The summed E-state index contributed by atoms with van der Waals surface area (Å²) in [5.41, 5.74) is 0.281. The van der Waals surface area contributed by atoms with Gasteiger partial charge in [0, 0.05) is 25.7 Å². The Morgan fingerprint density at radius 1 is 1.40 bits per heavy atom. The van der Waals surface area contributed by atoms with Gasteiger partial charge in [0.2, 0.25) is 0 Å². The molecule has 0 spiro atoms. The van der Waals surface area contributed by atoms with Crippen molar-refractivity contribution in [1.29, 1.82) is 0 Å². The van der Waals surface area contributed by atoms with Gasteiger partial charge in [-0.25, -0.2) is 4.79 Å². The molecule has 1 fully saturated rings. The second-order valence-corrected chi connectivity index (χ2v) is 5.50. The van der Waals surface area contributed by atoms with Crippen LogP contribution in [0.3, 0.4) is 0 Å². The van der Waals surface area contributed by atoms with E-state index in [1.165, 1.54) is 25.1 Å². The van der Waals surface area contributed by atoms with E-state index < -0.39 is 22.9 Å². The van der Waals surface area contributed by atoms with E-state index in [0.717, 1.165) is 0 Å². The average Bonchev–Trinajstić information content (AvgIpc) is 2.62. The summed E-state index contributed by atoms with van der Waals surface area (Å²) in [7, 11) is 0. The molecule has 1 saturated heterocycles. The number of amides is 1. The van der Waals surface area contributed by atoms with E-state index in [4.69, 9.17) is 9.47 Å². The smallest absolute Gasteiger partial charge is 0.339 e. The molecule has 1 aliphatic rings. The third-order valence-corrected chi connectivity index (χ3v) is 3.76. The lowest BCUT2D eigenvalue weighted by atomic mass is 10.1. The Kier molecular flexibility index (Phi) is 6.29. The molecule has 0 bridgehead atoms. The summed E-state index contributed by atoms with van der Waals surface area (Å²) in [4.78, 5) is 36.5. The third-order valence-electron chi connectivity index (χ3n) is 3.76. The predicted octanol–water partition coefficient (Wildman–Crippen LogP) is 1.11. The van der Waals surface area contributed by atoms with Crippen LogP contribution in [0.25, 0.3) is 0 Å². The number of morpholine rings is 1. The van der Waals surface area contributed by atoms with Crippen LogP contribution in [0.2, 0.25) is 0 Å². The predicted molar refractivity (Wildman–Crippen MR) is 89.7 cm³/mol. The van der Waals surface area contributed by atoms with Crippen LogP contribution in [0.15, 0.2) is 18.2 Å². The maximum absolute atomic E-state index is 12.2. The maximum Gasteiger partial charge on any atom is 0.339 e. The second-order valence-electron chi connectivity index (χ2n) is 5.50. The van der Waals surface area contributed by atoms with E-state index in [1.807, 2.05) is 4.90 Å². The highest BCUT2D eigenvalue weighted by atomic mass is 16.6. The zero-order valence-electron chi connectivity index (χ0n) is 14.2. The maximum atomic E-state index is 12.2. The van der Waals surface area contributed by atoms with Crippen molar-refractivity contribution in [3.63, 3.8) is 0 Å². The van der Waals surface area contributed by atoms with Gasteiger partial charge in [-0.2, -0.15) is 0 Å². The summed E-state index contributed by atoms with van der Waals surface area (Å²) in [6, 6.07) is 4.17. The lowest BCUT2D eigenvalue weighted by molar-refractivity contribution is -0.384. The summed E-state index contributed by atoms with van der Waals surface area (Å²) in [6.45, 7) is 5.67. The van der Waals surface area contributed by atoms with Crippen molar-refractivity contribution in [2.24, 2.45) is 0 Å². The van der Waals surface area contributed by atoms with E-state index in [9.17, 15) is 19.7 Å². The van der Waals surface area contributed by atoms with Crippen molar-refractivity contribution >= 4 is 23.3 Å². The summed E-state index contributed by atoms with van der Waals surface area (Å²) >= 11 is 0. The van der Waals surface area contributed by atoms with Crippen LogP contribution >= 0.6 is 0 Å². The number of carbonyl (C=O) groups is 2. The molecule has 1 aromatic carbocycles. The van der Waals surface area contributed by atoms with Crippen LogP contribution < -0.4 is 10.2 Å². The van der Waals surface area contributed by atoms with Gasteiger partial charge in [0.25, 0.3) is 11.6 Å². The van der Waals surface area contributed by atoms with Crippen molar-refractivity contribution in [1.82, 2.24) is 5.32 Å². The average molecular weight is 351 g/mol. The van der Waals surface area contributed by atoms with Gasteiger partial charge in [0.1, 0.15) is 5.69 Å². The number of carbonyl (C=O) groups excluding carboxylic acids is 2. The summed E-state index contributed by atoms with van der Waals surface area (Å²) < 4.78 is 10.3. The normalized spacial score (nSPS) is 15.4. The molecule has 1 N–H and O–H groups in total. The number of esters is 1. The molecular weight excluding hydrogens is 330 g/mol. The van der Waals surface area contributed by atoms with E-state index in [1.54, 1.807) is 6.92 Å². The lowest BCUT2D eigenvalue weighted by Crippen LogP contribution is -2.36. The largest absolute Gasteiger partial charge is 0.449 e. The first-order valence-electron chi connectivity index (χ1n) is 8.03. The molecule has 1 atom stereocenters. The molecule has 0 aromatic heterocycles. The van der Waals surface area contributed by atoms with Gasteiger partial charge in [-0.1, -0.05) is 0 Å². The number of nitro benzene ring substituents is 1. The molecule has 1 amide bonds. The summed E-state index contributed by atoms with van der Waals surface area (Å²) in [5.74, 6) is -1.20. The Morgan fingerprint density at radius 2 is 2.08 bits per heavy atom. The van der Waals surface area contributed by atoms with E-state index in [-0.39, 0.29) is 11.3 Å². The fraction of sp³-hybridized carbons (Fsp3) is 0.500. The van der Waals surface area contributed by atoms with Crippen molar-refractivity contribution < 1.29 is 24.0 Å². The molecular formula is C16H21N3O6. The molecule has 25 heavy (non-hydrogen) atoms. The zero-order valence-corrected chi connectivity index (χ0v) is 14.2.